The van der Waals surface area contributed by atoms with Crippen LogP contribution in [-0.4, -0.2) is 5.97 Å². The van der Waals surface area contributed by atoms with Gasteiger partial charge in [0.05, 0.1) is 5.56 Å². The molecule has 0 aromatic heterocycles. The molecule has 2 nitrogen and oxygen atoms in total. The zero-order valence-corrected chi connectivity index (χ0v) is 9.90. The van der Waals surface area contributed by atoms with Crippen LogP contribution in [0.2, 0.25) is 0 Å². The smallest absolute Gasteiger partial charge is 0.339 e. The molecule has 0 saturated heterocycles. The van der Waals surface area contributed by atoms with Crippen molar-refractivity contribution in [2.75, 3.05) is 0 Å². The van der Waals surface area contributed by atoms with Gasteiger partial charge in [-0.3, -0.25) is 0 Å². The molecular weight excluding hydrogens is 250 g/mol. The Morgan fingerprint density at radius 1 is 1.11 bits per heavy atom. The number of cyclic esters (lactones) is 1. The first-order valence-electron chi connectivity index (χ1n) is 5.89. The zero-order chi connectivity index (χ0) is 13.4. The van der Waals surface area contributed by atoms with Crippen LogP contribution < -0.4 is 0 Å². The highest BCUT2D eigenvalue weighted by molar-refractivity contribution is 5.92. The van der Waals surface area contributed by atoms with Gasteiger partial charge in [-0.2, -0.15) is 0 Å². The first kappa shape index (κ1) is 11.8. The molecule has 0 saturated carbocycles. The maximum absolute atomic E-state index is 13.7. The van der Waals surface area contributed by atoms with E-state index in [1.54, 1.807) is 0 Å². The second kappa shape index (κ2) is 4.46. The highest BCUT2D eigenvalue weighted by atomic mass is 19.1. The molecule has 0 spiro atoms. The molecule has 1 atom stereocenters. The Labute approximate surface area is 108 Å². The Morgan fingerprint density at radius 2 is 1.84 bits per heavy atom. The molecule has 1 aliphatic heterocycles. The monoisotopic (exact) mass is 260 g/mol. The summed E-state index contributed by atoms with van der Waals surface area (Å²) in [6, 6.07) is 10.9. The van der Waals surface area contributed by atoms with Crippen molar-refractivity contribution in [1.82, 2.24) is 0 Å². The summed E-state index contributed by atoms with van der Waals surface area (Å²) in [5.41, 5.74) is 0.987. The van der Waals surface area contributed by atoms with Crippen LogP contribution in [0.25, 0.3) is 0 Å². The molecule has 4 heteroatoms. The normalized spacial score (nSPS) is 17.8. The summed E-state index contributed by atoms with van der Waals surface area (Å²) in [4.78, 5) is 11.8. The first-order chi connectivity index (χ1) is 9.15. The van der Waals surface area contributed by atoms with Crippen LogP contribution in [0.5, 0.6) is 0 Å². The Balaban J connectivity index is 2.03. The van der Waals surface area contributed by atoms with Crippen molar-refractivity contribution in [2.45, 2.75) is 12.5 Å². The second-order valence-corrected chi connectivity index (χ2v) is 4.42. The van der Waals surface area contributed by atoms with Crippen LogP contribution in [0, 0.1) is 11.6 Å². The lowest BCUT2D eigenvalue weighted by molar-refractivity contribution is 0.0247. The first-order valence-corrected chi connectivity index (χ1v) is 5.89. The predicted octanol–water partition coefficient (Wildman–Crippen LogP) is 3.42. The fourth-order valence-electron chi connectivity index (χ4n) is 2.27. The molecule has 1 heterocycles. The third-order valence-corrected chi connectivity index (χ3v) is 3.19. The van der Waals surface area contributed by atoms with Crippen LogP contribution in [0.15, 0.2) is 42.5 Å². The Hall–Kier alpha value is -2.23. The lowest BCUT2D eigenvalue weighted by atomic mass is 9.94. The molecule has 1 unspecified atom stereocenters. The van der Waals surface area contributed by atoms with Gasteiger partial charge in [0.1, 0.15) is 17.7 Å². The average Bonchev–Trinajstić information content (AvgIpc) is 2.41. The fraction of sp³-hybridized carbons (Fsp3) is 0.133. The zero-order valence-electron chi connectivity index (χ0n) is 9.90. The Morgan fingerprint density at radius 3 is 2.58 bits per heavy atom. The molecule has 2 aromatic rings. The Kier molecular flexibility index (Phi) is 2.78. The summed E-state index contributed by atoms with van der Waals surface area (Å²) in [7, 11) is 0. The number of carbonyl (C=O) groups excluding carboxylic acids is 1. The molecule has 3 rings (SSSR count). The van der Waals surface area contributed by atoms with Crippen LogP contribution in [0.4, 0.5) is 8.78 Å². The van der Waals surface area contributed by atoms with Crippen molar-refractivity contribution in [3.05, 3.63) is 70.8 Å². The van der Waals surface area contributed by atoms with Gasteiger partial charge in [0.25, 0.3) is 0 Å². The number of halogens is 2. The second-order valence-electron chi connectivity index (χ2n) is 4.42. The van der Waals surface area contributed by atoms with Gasteiger partial charge in [0.2, 0.25) is 0 Å². The number of ether oxygens (including phenoxy) is 1. The number of esters is 1. The summed E-state index contributed by atoms with van der Waals surface area (Å²) in [6.45, 7) is 0. The van der Waals surface area contributed by atoms with E-state index in [2.05, 4.69) is 0 Å². The maximum atomic E-state index is 13.7. The SMILES string of the molecule is O=C1OC(c2ccccc2)Cc2c(F)cc(F)cc21. The number of hydrogen-bond acceptors (Lipinski definition) is 2. The van der Waals surface area contributed by atoms with Gasteiger partial charge in [-0.05, 0) is 11.6 Å². The molecule has 0 fully saturated rings. The standard InChI is InChI=1S/C15H10F2O2/c16-10-6-12-11(13(17)7-10)8-14(19-15(12)18)9-4-2-1-3-5-9/h1-7,14H,8H2. The highest BCUT2D eigenvalue weighted by Gasteiger charge is 2.30. The van der Waals surface area contributed by atoms with Crippen molar-refractivity contribution in [1.29, 1.82) is 0 Å². The predicted molar refractivity (Wildman–Crippen MR) is 64.7 cm³/mol. The van der Waals surface area contributed by atoms with E-state index < -0.39 is 23.7 Å². The molecule has 0 aliphatic carbocycles. The third-order valence-electron chi connectivity index (χ3n) is 3.19. The molecule has 96 valence electrons. The minimum absolute atomic E-state index is 0.0234. The largest absolute Gasteiger partial charge is 0.454 e. The van der Waals surface area contributed by atoms with Gasteiger partial charge >= 0.3 is 5.97 Å². The topological polar surface area (TPSA) is 26.3 Å². The van der Waals surface area contributed by atoms with Gasteiger partial charge in [-0.15, -0.1) is 0 Å². The maximum Gasteiger partial charge on any atom is 0.339 e. The van der Waals surface area contributed by atoms with E-state index >= 15 is 0 Å². The number of carbonyl (C=O) groups is 1. The van der Waals surface area contributed by atoms with Crippen molar-refractivity contribution in [3.63, 3.8) is 0 Å². The minimum Gasteiger partial charge on any atom is -0.454 e. The lowest BCUT2D eigenvalue weighted by Gasteiger charge is -2.25. The van der Waals surface area contributed by atoms with Crippen LogP contribution in [0.3, 0.4) is 0 Å². The molecule has 1 aliphatic rings. The molecule has 19 heavy (non-hydrogen) atoms. The number of fused-ring (bicyclic) bond motifs is 1. The van der Waals surface area contributed by atoms with Gasteiger partial charge in [0, 0.05) is 18.1 Å². The van der Waals surface area contributed by atoms with Crippen LogP contribution in [0.1, 0.15) is 27.6 Å². The molecule has 0 amide bonds. The van der Waals surface area contributed by atoms with Crippen molar-refractivity contribution < 1.29 is 18.3 Å². The van der Waals surface area contributed by atoms with Gasteiger partial charge in [-0.1, -0.05) is 30.3 Å². The average molecular weight is 260 g/mol. The summed E-state index contributed by atoms with van der Waals surface area (Å²) in [6.07, 6.45) is -0.307. The van der Waals surface area contributed by atoms with Gasteiger partial charge in [-0.25, -0.2) is 13.6 Å². The van der Waals surface area contributed by atoms with E-state index in [-0.39, 0.29) is 17.5 Å². The van der Waals surface area contributed by atoms with Gasteiger partial charge in [0.15, 0.2) is 0 Å². The van der Waals surface area contributed by atoms with Gasteiger partial charge < -0.3 is 4.74 Å². The van der Waals surface area contributed by atoms with E-state index in [4.69, 9.17) is 4.74 Å². The number of benzene rings is 2. The quantitative estimate of drug-likeness (QED) is 0.734. The van der Waals surface area contributed by atoms with E-state index in [0.717, 1.165) is 17.7 Å². The number of rotatable bonds is 1. The van der Waals surface area contributed by atoms with E-state index in [0.29, 0.717) is 0 Å². The van der Waals surface area contributed by atoms with E-state index in [1.165, 1.54) is 0 Å². The molecular formula is C15H10F2O2. The van der Waals surface area contributed by atoms with Crippen molar-refractivity contribution in [3.8, 4) is 0 Å². The summed E-state index contributed by atoms with van der Waals surface area (Å²) >= 11 is 0. The van der Waals surface area contributed by atoms with Crippen LogP contribution >= 0.6 is 0 Å². The van der Waals surface area contributed by atoms with Crippen molar-refractivity contribution in [2.24, 2.45) is 0 Å². The van der Waals surface area contributed by atoms with E-state index in [9.17, 15) is 13.6 Å². The van der Waals surface area contributed by atoms with E-state index in [1.807, 2.05) is 30.3 Å². The summed E-state index contributed by atoms with van der Waals surface area (Å²) < 4.78 is 32.1. The minimum atomic E-state index is -0.772. The van der Waals surface area contributed by atoms with Crippen LogP contribution in [-0.2, 0) is 11.2 Å². The van der Waals surface area contributed by atoms with Crippen molar-refractivity contribution >= 4 is 5.97 Å². The third kappa shape index (κ3) is 2.10. The Bertz CT molecular complexity index is 638. The highest BCUT2D eigenvalue weighted by Crippen LogP contribution is 2.32. The molecule has 2 aromatic carbocycles. The molecule has 0 bridgehead atoms. The summed E-state index contributed by atoms with van der Waals surface area (Å²) in [5.74, 6) is -2.16. The molecule has 0 radical (unpaired) electrons. The molecule has 0 N–H and O–H groups in total. The lowest BCUT2D eigenvalue weighted by Crippen LogP contribution is -2.23. The fourth-order valence-corrected chi connectivity index (χ4v) is 2.27. The summed E-state index contributed by atoms with van der Waals surface area (Å²) in [5, 5.41) is 0. The number of hydrogen-bond donors (Lipinski definition) is 0.